The van der Waals surface area contributed by atoms with Crippen LogP contribution in [-0.4, -0.2) is 0 Å². The molecular formula is C20H27N. The molecule has 21 heavy (non-hydrogen) atoms. The van der Waals surface area contributed by atoms with Gasteiger partial charge in [0.1, 0.15) is 0 Å². The van der Waals surface area contributed by atoms with Gasteiger partial charge >= 0.3 is 0 Å². The molecule has 2 aromatic rings. The first-order valence-electron chi connectivity index (χ1n) is 7.88. The standard InChI is InChI=1S/C20H27N/c1-5-18(16-12-8-6-9-13-16)21-19(20(2,3)4)17-14-10-7-11-15-17/h6-15,18-19,21H,5H2,1-4H3/t18-,19+/m1/s1. The highest BCUT2D eigenvalue weighted by Crippen LogP contribution is 2.35. The van der Waals surface area contributed by atoms with Crippen LogP contribution in [0.3, 0.4) is 0 Å². The van der Waals surface area contributed by atoms with E-state index in [4.69, 9.17) is 0 Å². The van der Waals surface area contributed by atoms with E-state index in [2.05, 4.69) is 93.7 Å². The Morgan fingerprint density at radius 1 is 0.810 bits per heavy atom. The molecular weight excluding hydrogens is 254 g/mol. The summed E-state index contributed by atoms with van der Waals surface area (Å²) in [7, 11) is 0. The molecule has 2 aromatic carbocycles. The van der Waals surface area contributed by atoms with Gasteiger partial charge < -0.3 is 5.32 Å². The summed E-state index contributed by atoms with van der Waals surface area (Å²) in [6, 6.07) is 22.2. The summed E-state index contributed by atoms with van der Waals surface area (Å²) < 4.78 is 0. The fourth-order valence-electron chi connectivity index (χ4n) is 2.83. The van der Waals surface area contributed by atoms with Gasteiger partial charge in [0.2, 0.25) is 0 Å². The van der Waals surface area contributed by atoms with E-state index in [1.54, 1.807) is 0 Å². The lowest BCUT2D eigenvalue weighted by Crippen LogP contribution is -2.35. The Hall–Kier alpha value is -1.60. The summed E-state index contributed by atoms with van der Waals surface area (Å²) in [4.78, 5) is 0. The predicted octanol–water partition coefficient (Wildman–Crippen LogP) is 5.51. The van der Waals surface area contributed by atoms with Gasteiger partial charge in [-0.25, -0.2) is 0 Å². The molecule has 0 aliphatic carbocycles. The zero-order valence-corrected chi connectivity index (χ0v) is 13.6. The molecule has 2 rings (SSSR count). The average Bonchev–Trinajstić information content (AvgIpc) is 2.49. The van der Waals surface area contributed by atoms with Gasteiger partial charge in [0.05, 0.1) is 0 Å². The van der Waals surface area contributed by atoms with Crippen molar-refractivity contribution in [3.63, 3.8) is 0 Å². The Labute approximate surface area is 129 Å². The molecule has 1 N–H and O–H groups in total. The van der Waals surface area contributed by atoms with Crippen molar-refractivity contribution in [2.24, 2.45) is 5.41 Å². The maximum Gasteiger partial charge on any atom is 0.0374 e. The molecule has 0 heterocycles. The highest BCUT2D eigenvalue weighted by atomic mass is 15.0. The smallest absolute Gasteiger partial charge is 0.0374 e. The summed E-state index contributed by atoms with van der Waals surface area (Å²) in [5.74, 6) is 0. The highest BCUT2D eigenvalue weighted by Gasteiger charge is 2.28. The first-order chi connectivity index (χ1) is 10.0. The summed E-state index contributed by atoms with van der Waals surface area (Å²) in [5, 5.41) is 3.88. The van der Waals surface area contributed by atoms with E-state index in [9.17, 15) is 0 Å². The highest BCUT2D eigenvalue weighted by molar-refractivity contribution is 5.23. The normalized spacial score (nSPS) is 14.7. The van der Waals surface area contributed by atoms with Crippen molar-refractivity contribution in [1.82, 2.24) is 5.32 Å². The molecule has 0 saturated carbocycles. The molecule has 0 spiro atoms. The first-order valence-corrected chi connectivity index (χ1v) is 7.88. The number of hydrogen-bond acceptors (Lipinski definition) is 1. The van der Waals surface area contributed by atoms with E-state index in [1.807, 2.05) is 0 Å². The van der Waals surface area contributed by atoms with E-state index in [0.717, 1.165) is 6.42 Å². The van der Waals surface area contributed by atoms with Crippen molar-refractivity contribution < 1.29 is 0 Å². The quantitative estimate of drug-likeness (QED) is 0.761. The number of nitrogens with one attached hydrogen (secondary N) is 1. The lowest BCUT2D eigenvalue weighted by molar-refractivity contribution is 0.247. The summed E-state index contributed by atoms with van der Waals surface area (Å²) in [6.45, 7) is 9.15. The van der Waals surface area contributed by atoms with Crippen LogP contribution in [0.5, 0.6) is 0 Å². The molecule has 112 valence electrons. The molecule has 0 unspecified atom stereocenters. The van der Waals surface area contributed by atoms with Gasteiger partial charge in [-0.2, -0.15) is 0 Å². The molecule has 0 aromatic heterocycles. The van der Waals surface area contributed by atoms with E-state index >= 15 is 0 Å². The van der Waals surface area contributed by atoms with Crippen molar-refractivity contribution >= 4 is 0 Å². The van der Waals surface area contributed by atoms with Crippen molar-refractivity contribution in [1.29, 1.82) is 0 Å². The van der Waals surface area contributed by atoms with Gasteiger partial charge in [0, 0.05) is 12.1 Å². The molecule has 1 heteroatoms. The lowest BCUT2D eigenvalue weighted by Gasteiger charge is -2.35. The Morgan fingerprint density at radius 2 is 1.29 bits per heavy atom. The second-order valence-electron chi connectivity index (χ2n) is 6.75. The molecule has 1 nitrogen and oxygen atoms in total. The van der Waals surface area contributed by atoms with Crippen LogP contribution in [0.2, 0.25) is 0 Å². The van der Waals surface area contributed by atoms with Crippen LogP contribution in [0.4, 0.5) is 0 Å². The number of hydrogen-bond donors (Lipinski definition) is 1. The zero-order valence-electron chi connectivity index (χ0n) is 13.6. The maximum absolute atomic E-state index is 3.88. The number of benzene rings is 2. The molecule has 0 radical (unpaired) electrons. The van der Waals surface area contributed by atoms with E-state index in [-0.39, 0.29) is 5.41 Å². The monoisotopic (exact) mass is 281 g/mol. The second-order valence-corrected chi connectivity index (χ2v) is 6.75. The molecule has 0 amide bonds. The fraction of sp³-hybridized carbons (Fsp3) is 0.400. The summed E-state index contributed by atoms with van der Waals surface area (Å²) in [5.41, 5.74) is 2.90. The average molecular weight is 281 g/mol. The lowest BCUT2D eigenvalue weighted by atomic mass is 9.81. The molecule has 0 bridgehead atoms. The summed E-state index contributed by atoms with van der Waals surface area (Å²) in [6.07, 6.45) is 1.09. The van der Waals surface area contributed by atoms with Gasteiger partial charge in [-0.15, -0.1) is 0 Å². The third-order valence-corrected chi connectivity index (χ3v) is 3.98. The SMILES string of the molecule is CC[C@@H](N[C@@H](c1ccccc1)C(C)(C)C)c1ccccc1. The van der Waals surface area contributed by atoms with Crippen LogP contribution in [0.15, 0.2) is 60.7 Å². The molecule has 0 aliphatic heterocycles. The van der Waals surface area contributed by atoms with Crippen molar-refractivity contribution in [3.8, 4) is 0 Å². The van der Waals surface area contributed by atoms with Crippen LogP contribution in [0.1, 0.15) is 57.3 Å². The zero-order chi connectivity index (χ0) is 15.3. The van der Waals surface area contributed by atoms with Gasteiger partial charge in [-0.1, -0.05) is 88.4 Å². The Kier molecular flexibility index (Phi) is 5.19. The van der Waals surface area contributed by atoms with Crippen LogP contribution < -0.4 is 5.32 Å². The third kappa shape index (κ3) is 4.18. The van der Waals surface area contributed by atoms with Crippen LogP contribution in [0, 0.1) is 5.41 Å². The minimum absolute atomic E-state index is 0.170. The Bertz CT molecular complexity index is 525. The molecule has 0 fully saturated rings. The molecule has 0 aliphatic rings. The van der Waals surface area contributed by atoms with Crippen molar-refractivity contribution in [3.05, 3.63) is 71.8 Å². The number of rotatable bonds is 5. The molecule has 0 saturated heterocycles. The predicted molar refractivity (Wildman–Crippen MR) is 91.2 cm³/mol. The summed E-state index contributed by atoms with van der Waals surface area (Å²) >= 11 is 0. The third-order valence-electron chi connectivity index (χ3n) is 3.98. The van der Waals surface area contributed by atoms with Crippen molar-refractivity contribution in [2.45, 2.75) is 46.2 Å². The van der Waals surface area contributed by atoms with E-state index in [0.29, 0.717) is 12.1 Å². The van der Waals surface area contributed by atoms with Crippen LogP contribution in [-0.2, 0) is 0 Å². The van der Waals surface area contributed by atoms with Crippen LogP contribution >= 0.6 is 0 Å². The maximum atomic E-state index is 3.88. The van der Waals surface area contributed by atoms with E-state index in [1.165, 1.54) is 11.1 Å². The largest absolute Gasteiger partial charge is 0.303 e. The Balaban J connectivity index is 2.26. The van der Waals surface area contributed by atoms with Gasteiger partial charge in [0.25, 0.3) is 0 Å². The minimum Gasteiger partial charge on any atom is -0.303 e. The topological polar surface area (TPSA) is 12.0 Å². The Morgan fingerprint density at radius 3 is 1.71 bits per heavy atom. The fourth-order valence-corrected chi connectivity index (χ4v) is 2.83. The molecule has 2 atom stereocenters. The van der Waals surface area contributed by atoms with Crippen molar-refractivity contribution in [2.75, 3.05) is 0 Å². The van der Waals surface area contributed by atoms with Gasteiger partial charge in [0.15, 0.2) is 0 Å². The van der Waals surface area contributed by atoms with Gasteiger partial charge in [-0.3, -0.25) is 0 Å². The van der Waals surface area contributed by atoms with Gasteiger partial charge in [-0.05, 0) is 23.0 Å². The first kappa shape index (κ1) is 15.8. The minimum atomic E-state index is 0.170. The van der Waals surface area contributed by atoms with Crippen LogP contribution in [0.25, 0.3) is 0 Å². The van der Waals surface area contributed by atoms with E-state index < -0.39 is 0 Å². The second kappa shape index (κ2) is 6.91.